The fourth-order valence-corrected chi connectivity index (χ4v) is 2.86. The maximum atomic E-state index is 12.1. The monoisotopic (exact) mass is 262 g/mol. The van der Waals surface area contributed by atoms with Gasteiger partial charge in [-0.1, -0.05) is 0 Å². The van der Waals surface area contributed by atoms with Gasteiger partial charge in [0.2, 0.25) is 0 Å². The van der Waals surface area contributed by atoms with Gasteiger partial charge in [0.05, 0.1) is 12.5 Å². The minimum absolute atomic E-state index is 0.0280. The number of carboxylic acids is 1. The van der Waals surface area contributed by atoms with Gasteiger partial charge < -0.3 is 20.5 Å². The Morgan fingerprint density at radius 2 is 2.35 bits per heavy atom. The molecule has 6 nitrogen and oxygen atoms in total. The van der Waals surface area contributed by atoms with Crippen LogP contribution in [0.15, 0.2) is 0 Å². The summed E-state index contributed by atoms with van der Waals surface area (Å²) >= 11 is 1.66. The van der Waals surface area contributed by atoms with E-state index in [2.05, 4.69) is 0 Å². The molecule has 7 heteroatoms. The molecule has 1 rings (SSSR count). The van der Waals surface area contributed by atoms with E-state index in [9.17, 15) is 9.59 Å². The smallest absolute Gasteiger partial charge is 0.305 e. The Balaban J connectivity index is 2.69. The highest BCUT2D eigenvalue weighted by Gasteiger charge is 2.32. The molecule has 0 saturated carbocycles. The van der Waals surface area contributed by atoms with Gasteiger partial charge >= 0.3 is 5.97 Å². The molecule has 0 aliphatic carbocycles. The molecular weight excluding hydrogens is 244 g/mol. The summed E-state index contributed by atoms with van der Waals surface area (Å²) in [5, 5.41) is 8.82. The number of carbonyl (C=O) groups excluding carboxylic acids is 1. The van der Waals surface area contributed by atoms with Gasteiger partial charge in [0.1, 0.15) is 6.10 Å². The lowest BCUT2D eigenvalue weighted by atomic mass is 10.1. The Bertz CT molecular complexity index is 283. The van der Waals surface area contributed by atoms with Crippen molar-refractivity contribution in [1.82, 2.24) is 4.90 Å². The first-order valence-corrected chi connectivity index (χ1v) is 6.58. The molecule has 1 aliphatic rings. The zero-order valence-electron chi connectivity index (χ0n) is 9.80. The Hall–Kier alpha value is -0.790. The van der Waals surface area contributed by atoms with E-state index in [1.54, 1.807) is 16.7 Å². The summed E-state index contributed by atoms with van der Waals surface area (Å²) in [4.78, 5) is 24.4. The molecule has 1 fully saturated rings. The second-order valence-corrected chi connectivity index (χ2v) is 4.97. The molecule has 3 N–H and O–H groups in total. The number of methoxy groups -OCH3 is 1. The molecule has 0 spiro atoms. The fraction of sp³-hybridized carbons (Fsp3) is 0.800. The summed E-state index contributed by atoms with van der Waals surface area (Å²) in [5.41, 5.74) is 5.44. The molecule has 1 saturated heterocycles. The zero-order valence-corrected chi connectivity index (χ0v) is 10.6. The lowest BCUT2D eigenvalue weighted by molar-refractivity contribution is -0.145. The molecular formula is C10H18N2O4S. The van der Waals surface area contributed by atoms with Gasteiger partial charge in [-0.3, -0.25) is 9.59 Å². The number of carboxylic acid groups (broad SMARTS) is 1. The number of hydrogen-bond donors (Lipinski definition) is 2. The van der Waals surface area contributed by atoms with Crippen LogP contribution >= 0.6 is 11.8 Å². The summed E-state index contributed by atoms with van der Waals surface area (Å²) in [6.07, 6.45) is -0.700. The second-order valence-electron chi connectivity index (χ2n) is 3.82. The second kappa shape index (κ2) is 6.83. The van der Waals surface area contributed by atoms with Crippen molar-refractivity contribution >= 4 is 23.6 Å². The standard InChI is InChI=1S/C10H18N2O4S/c1-16-8(5-11)10(15)12-2-3-17-6-7(12)4-9(13)14/h7-8H,2-6,11H2,1H3,(H,13,14). The van der Waals surface area contributed by atoms with Crippen LogP contribution in [0.2, 0.25) is 0 Å². The van der Waals surface area contributed by atoms with Crippen molar-refractivity contribution < 1.29 is 19.4 Å². The van der Waals surface area contributed by atoms with E-state index in [4.69, 9.17) is 15.6 Å². The third-order valence-corrected chi connectivity index (χ3v) is 3.79. The molecule has 17 heavy (non-hydrogen) atoms. The molecule has 0 radical (unpaired) electrons. The van der Waals surface area contributed by atoms with Crippen molar-refractivity contribution in [3.8, 4) is 0 Å². The average Bonchev–Trinajstić information content (AvgIpc) is 2.30. The molecule has 0 bridgehead atoms. The summed E-state index contributed by atoms with van der Waals surface area (Å²) in [7, 11) is 1.43. The Morgan fingerprint density at radius 1 is 1.65 bits per heavy atom. The Morgan fingerprint density at radius 3 is 2.88 bits per heavy atom. The summed E-state index contributed by atoms with van der Waals surface area (Å²) in [6, 6.07) is -0.261. The van der Waals surface area contributed by atoms with E-state index in [0.29, 0.717) is 12.3 Å². The van der Waals surface area contributed by atoms with E-state index in [1.807, 2.05) is 0 Å². The van der Waals surface area contributed by atoms with Crippen LogP contribution in [0.1, 0.15) is 6.42 Å². The van der Waals surface area contributed by atoms with Crippen molar-refractivity contribution in [2.75, 3.05) is 31.7 Å². The number of nitrogens with zero attached hydrogens (tertiary/aromatic N) is 1. The van der Waals surface area contributed by atoms with E-state index in [0.717, 1.165) is 5.75 Å². The average molecular weight is 262 g/mol. The largest absolute Gasteiger partial charge is 0.481 e. The van der Waals surface area contributed by atoms with Crippen LogP contribution in [0.5, 0.6) is 0 Å². The number of aliphatic carboxylic acids is 1. The number of rotatable bonds is 5. The first-order chi connectivity index (χ1) is 8.10. The quantitative estimate of drug-likeness (QED) is 0.686. The Labute approximate surface area is 104 Å². The summed E-state index contributed by atoms with van der Waals surface area (Å²) < 4.78 is 5.00. The van der Waals surface area contributed by atoms with Crippen LogP contribution in [-0.4, -0.2) is 65.7 Å². The van der Waals surface area contributed by atoms with Crippen LogP contribution < -0.4 is 5.73 Å². The van der Waals surface area contributed by atoms with Gasteiger partial charge in [-0.2, -0.15) is 11.8 Å². The molecule has 0 aromatic rings. The molecule has 98 valence electrons. The first kappa shape index (κ1) is 14.3. The van der Waals surface area contributed by atoms with Crippen molar-refractivity contribution in [3.63, 3.8) is 0 Å². The van der Waals surface area contributed by atoms with Crippen LogP contribution in [0.3, 0.4) is 0 Å². The van der Waals surface area contributed by atoms with E-state index in [1.165, 1.54) is 7.11 Å². The highest BCUT2D eigenvalue weighted by Crippen LogP contribution is 2.20. The van der Waals surface area contributed by atoms with Crippen molar-refractivity contribution in [3.05, 3.63) is 0 Å². The molecule has 0 aromatic carbocycles. The third kappa shape index (κ3) is 3.86. The highest BCUT2D eigenvalue weighted by molar-refractivity contribution is 7.99. The number of nitrogens with two attached hydrogens (primary N) is 1. The van der Waals surface area contributed by atoms with Crippen molar-refractivity contribution in [1.29, 1.82) is 0 Å². The topological polar surface area (TPSA) is 92.9 Å². The number of amides is 1. The van der Waals surface area contributed by atoms with Gasteiger partial charge in [-0.15, -0.1) is 0 Å². The van der Waals surface area contributed by atoms with Crippen LogP contribution in [0.25, 0.3) is 0 Å². The maximum Gasteiger partial charge on any atom is 0.305 e. The molecule has 0 aromatic heterocycles. The number of thioether (sulfide) groups is 1. The van der Waals surface area contributed by atoms with E-state index in [-0.39, 0.29) is 24.9 Å². The van der Waals surface area contributed by atoms with Gasteiger partial charge in [0.25, 0.3) is 5.91 Å². The maximum absolute atomic E-state index is 12.1. The van der Waals surface area contributed by atoms with Gasteiger partial charge in [-0.05, 0) is 0 Å². The fourth-order valence-electron chi connectivity index (χ4n) is 1.80. The molecule has 1 aliphatic heterocycles. The SMILES string of the molecule is COC(CN)C(=O)N1CCSCC1CC(=O)O. The minimum atomic E-state index is -0.892. The zero-order chi connectivity index (χ0) is 12.8. The van der Waals surface area contributed by atoms with Crippen molar-refractivity contribution in [2.45, 2.75) is 18.6 Å². The molecule has 2 atom stereocenters. The van der Waals surface area contributed by atoms with Gasteiger partial charge in [0, 0.05) is 31.7 Å². The highest BCUT2D eigenvalue weighted by atomic mass is 32.2. The predicted molar refractivity (Wildman–Crippen MR) is 64.9 cm³/mol. The van der Waals surface area contributed by atoms with Gasteiger partial charge in [-0.25, -0.2) is 0 Å². The first-order valence-electron chi connectivity index (χ1n) is 5.43. The van der Waals surface area contributed by atoms with Crippen molar-refractivity contribution in [2.24, 2.45) is 5.73 Å². The number of ether oxygens (including phenoxy) is 1. The minimum Gasteiger partial charge on any atom is -0.481 e. The van der Waals surface area contributed by atoms with Crippen LogP contribution in [-0.2, 0) is 14.3 Å². The predicted octanol–water partition coefficient (Wildman–Crippen LogP) is -0.621. The van der Waals surface area contributed by atoms with Gasteiger partial charge in [0.15, 0.2) is 0 Å². The molecule has 1 amide bonds. The molecule has 2 unspecified atom stereocenters. The number of hydrogen-bond acceptors (Lipinski definition) is 5. The normalized spacial score (nSPS) is 22.2. The van der Waals surface area contributed by atoms with Crippen LogP contribution in [0.4, 0.5) is 0 Å². The lowest BCUT2D eigenvalue weighted by Gasteiger charge is -2.36. The lowest BCUT2D eigenvalue weighted by Crippen LogP contribution is -2.52. The summed E-state index contributed by atoms with van der Waals surface area (Å²) in [6.45, 7) is 0.667. The number of carbonyl (C=O) groups is 2. The van der Waals surface area contributed by atoms with E-state index < -0.39 is 12.1 Å². The summed E-state index contributed by atoms with van der Waals surface area (Å²) in [5.74, 6) is 0.376. The van der Waals surface area contributed by atoms with Crippen LogP contribution in [0, 0.1) is 0 Å². The molecule has 1 heterocycles. The third-order valence-electron chi connectivity index (χ3n) is 2.69. The van der Waals surface area contributed by atoms with E-state index >= 15 is 0 Å². The Kier molecular flexibility index (Phi) is 5.73.